The topological polar surface area (TPSA) is 29.3 Å². The lowest BCUT2D eigenvalue weighted by atomic mass is 9.79. The molecule has 2 rings (SSSR count). The first kappa shape index (κ1) is 11.4. The van der Waals surface area contributed by atoms with Crippen LogP contribution in [0, 0.1) is 11.8 Å². The van der Waals surface area contributed by atoms with Gasteiger partial charge in [-0.15, -0.1) is 0 Å². The second-order valence-corrected chi connectivity index (χ2v) is 5.97. The molecular weight excluding hydrogens is 184 g/mol. The Labute approximate surface area is 94.2 Å². The van der Waals surface area contributed by atoms with Crippen LogP contribution < -0.4 is 5.73 Å². The highest BCUT2D eigenvalue weighted by molar-refractivity contribution is 4.86. The molecule has 2 fully saturated rings. The second-order valence-electron chi connectivity index (χ2n) is 5.97. The molecular formula is C13H26N2. The van der Waals surface area contributed by atoms with Gasteiger partial charge in [0.2, 0.25) is 0 Å². The Morgan fingerprint density at radius 1 is 1.07 bits per heavy atom. The molecule has 0 aromatic carbocycles. The summed E-state index contributed by atoms with van der Waals surface area (Å²) in [4.78, 5) is 2.67. The van der Waals surface area contributed by atoms with Gasteiger partial charge in [0.15, 0.2) is 0 Å². The number of likely N-dealkylation sites (tertiary alicyclic amines) is 1. The van der Waals surface area contributed by atoms with Gasteiger partial charge >= 0.3 is 0 Å². The molecule has 0 aromatic rings. The summed E-state index contributed by atoms with van der Waals surface area (Å²) in [6.45, 7) is 7.25. The van der Waals surface area contributed by atoms with Gasteiger partial charge in [-0.25, -0.2) is 0 Å². The standard InChI is InChI=1S/C13H26N2/c1-10-6-11(2)8-13(7-10)15-5-3-4-12(14)9-15/h10-13H,3-9,14H2,1-2H3. The molecule has 1 saturated carbocycles. The first-order valence-corrected chi connectivity index (χ1v) is 6.64. The number of nitrogens with zero attached hydrogens (tertiary/aromatic N) is 1. The minimum absolute atomic E-state index is 0.436. The molecule has 2 nitrogen and oxygen atoms in total. The van der Waals surface area contributed by atoms with Gasteiger partial charge in [-0.05, 0) is 50.5 Å². The van der Waals surface area contributed by atoms with Crippen molar-refractivity contribution >= 4 is 0 Å². The molecule has 0 radical (unpaired) electrons. The molecule has 0 amide bonds. The Hall–Kier alpha value is -0.0800. The summed E-state index contributed by atoms with van der Waals surface area (Å²) in [5.74, 6) is 1.83. The van der Waals surface area contributed by atoms with E-state index < -0.39 is 0 Å². The van der Waals surface area contributed by atoms with Crippen molar-refractivity contribution < 1.29 is 0 Å². The van der Waals surface area contributed by atoms with E-state index >= 15 is 0 Å². The van der Waals surface area contributed by atoms with E-state index in [4.69, 9.17) is 5.73 Å². The van der Waals surface area contributed by atoms with Crippen LogP contribution in [0.25, 0.3) is 0 Å². The van der Waals surface area contributed by atoms with E-state index in [0.29, 0.717) is 6.04 Å². The van der Waals surface area contributed by atoms with Gasteiger partial charge in [-0.3, -0.25) is 4.90 Å². The van der Waals surface area contributed by atoms with Crippen LogP contribution in [0.2, 0.25) is 0 Å². The predicted molar refractivity (Wildman–Crippen MR) is 64.7 cm³/mol. The Morgan fingerprint density at radius 2 is 1.73 bits per heavy atom. The highest BCUT2D eigenvalue weighted by Gasteiger charge is 2.30. The number of hydrogen-bond acceptors (Lipinski definition) is 2. The van der Waals surface area contributed by atoms with Gasteiger partial charge in [0, 0.05) is 18.6 Å². The monoisotopic (exact) mass is 210 g/mol. The van der Waals surface area contributed by atoms with Crippen LogP contribution in [0.4, 0.5) is 0 Å². The molecule has 3 unspecified atom stereocenters. The number of nitrogens with two attached hydrogens (primary N) is 1. The highest BCUT2D eigenvalue weighted by atomic mass is 15.2. The summed E-state index contributed by atoms with van der Waals surface area (Å²) in [6, 6.07) is 1.27. The zero-order valence-electron chi connectivity index (χ0n) is 10.3. The van der Waals surface area contributed by atoms with Crippen LogP contribution in [0.1, 0.15) is 46.0 Å². The fraction of sp³-hybridized carbons (Fsp3) is 1.00. The van der Waals surface area contributed by atoms with Gasteiger partial charge in [0.1, 0.15) is 0 Å². The minimum Gasteiger partial charge on any atom is -0.327 e. The molecule has 1 saturated heterocycles. The average molecular weight is 210 g/mol. The predicted octanol–water partition coefficient (Wildman–Crippen LogP) is 2.23. The van der Waals surface area contributed by atoms with E-state index in [0.717, 1.165) is 24.4 Å². The lowest BCUT2D eigenvalue weighted by Crippen LogP contribution is -2.49. The fourth-order valence-corrected chi connectivity index (χ4v) is 3.57. The van der Waals surface area contributed by atoms with Gasteiger partial charge in [0.05, 0.1) is 0 Å². The summed E-state index contributed by atoms with van der Waals surface area (Å²) in [5, 5.41) is 0. The Morgan fingerprint density at radius 3 is 2.33 bits per heavy atom. The molecule has 1 aliphatic carbocycles. The van der Waals surface area contributed by atoms with Crippen LogP contribution in [-0.2, 0) is 0 Å². The molecule has 0 spiro atoms. The van der Waals surface area contributed by atoms with Crippen LogP contribution in [0.5, 0.6) is 0 Å². The third-order valence-corrected chi connectivity index (χ3v) is 4.16. The van der Waals surface area contributed by atoms with Crippen LogP contribution in [0.3, 0.4) is 0 Å². The third-order valence-electron chi connectivity index (χ3n) is 4.16. The van der Waals surface area contributed by atoms with Crippen molar-refractivity contribution in [2.24, 2.45) is 17.6 Å². The van der Waals surface area contributed by atoms with E-state index in [1.54, 1.807) is 0 Å². The van der Waals surface area contributed by atoms with Crippen LogP contribution >= 0.6 is 0 Å². The highest BCUT2D eigenvalue weighted by Crippen LogP contribution is 2.32. The molecule has 2 aliphatic rings. The normalized spacial score (nSPS) is 44.2. The molecule has 3 atom stereocenters. The molecule has 1 heterocycles. The molecule has 0 bridgehead atoms. The second kappa shape index (κ2) is 4.84. The smallest absolute Gasteiger partial charge is 0.0168 e. The maximum atomic E-state index is 6.06. The zero-order valence-corrected chi connectivity index (χ0v) is 10.3. The van der Waals surface area contributed by atoms with Gasteiger partial charge in [-0.1, -0.05) is 13.8 Å². The summed E-state index contributed by atoms with van der Waals surface area (Å²) in [5.41, 5.74) is 6.06. The maximum absolute atomic E-state index is 6.06. The number of piperidine rings is 1. The van der Waals surface area contributed by atoms with Crippen molar-refractivity contribution in [2.75, 3.05) is 13.1 Å². The quantitative estimate of drug-likeness (QED) is 0.719. The van der Waals surface area contributed by atoms with Gasteiger partial charge in [-0.2, -0.15) is 0 Å². The van der Waals surface area contributed by atoms with Crippen LogP contribution in [-0.4, -0.2) is 30.1 Å². The summed E-state index contributed by atoms with van der Waals surface area (Å²) >= 11 is 0. The number of hydrogen-bond donors (Lipinski definition) is 1. The van der Waals surface area contributed by atoms with Crippen molar-refractivity contribution in [3.05, 3.63) is 0 Å². The first-order valence-electron chi connectivity index (χ1n) is 6.64. The van der Waals surface area contributed by atoms with Crippen molar-refractivity contribution in [2.45, 2.75) is 58.0 Å². The molecule has 0 aromatic heterocycles. The zero-order chi connectivity index (χ0) is 10.8. The van der Waals surface area contributed by atoms with E-state index in [1.807, 2.05) is 0 Å². The van der Waals surface area contributed by atoms with E-state index in [9.17, 15) is 0 Å². The van der Waals surface area contributed by atoms with Gasteiger partial charge < -0.3 is 5.73 Å². The molecule has 2 heteroatoms. The van der Waals surface area contributed by atoms with E-state index in [-0.39, 0.29) is 0 Å². The fourth-order valence-electron chi connectivity index (χ4n) is 3.57. The SMILES string of the molecule is CC1CC(C)CC(N2CCCC(N)C2)C1. The Balaban J connectivity index is 1.91. The number of rotatable bonds is 1. The third kappa shape index (κ3) is 2.94. The van der Waals surface area contributed by atoms with Crippen molar-refractivity contribution in [3.63, 3.8) is 0 Å². The molecule has 15 heavy (non-hydrogen) atoms. The van der Waals surface area contributed by atoms with E-state index in [2.05, 4.69) is 18.7 Å². The maximum Gasteiger partial charge on any atom is 0.0168 e. The Kier molecular flexibility index (Phi) is 3.68. The summed E-state index contributed by atoms with van der Waals surface area (Å²) < 4.78 is 0. The van der Waals surface area contributed by atoms with Crippen molar-refractivity contribution in [1.82, 2.24) is 4.90 Å². The molecule has 88 valence electrons. The molecule has 2 N–H and O–H groups in total. The summed E-state index contributed by atoms with van der Waals surface area (Å²) in [6.07, 6.45) is 6.76. The molecule has 1 aliphatic heterocycles. The van der Waals surface area contributed by atoms with Crippen molar-refractivity contribution in [1.29, 1.82) is 0 Å². The lowest BCUT2D eigenvalue weighted by Gasteiger charge is -2.42. The Bertz CT molecular complexity index is 195. The largest absolute Gasteiger partial charge is 0.327 e. The lowest BCUT2D eigenvalue weighted by molar-refractivity contribution is 0.0844. The van der Waals surface area contributed by atoms with E-state index in [1.165, 1.54) is 38.6 Å². The van der Waals surface area contributed by atoms with Gasteiger partial charge in [0.25, 0.3) is 0 Å². The average Bonchev–Trinajstić information content (AvgIpc) is 2.16. The summed E-state index contributed by atoms with van der Waals surface area (Å²) in [7, 11) is 0. The van der Waals surface area contributed by atoms with Crippen LogP contribution in [0.15, 0.2) is 0 Å². The first-order chi connectivity index (χ1) is 7.15. The minimum atomic E-state index is 0.436. The van der Waals surface area contributed by atoms with Crippen molar-refractivity contribution in [3.8, 4) is 0 Å².